The van der Waals surface area contributed by atoms with E-state index in [0.29, 0.717) is 26.0 Å². The van der Waals surface area contributed by atoms with Crippen LogP contribution >= 0.6 is 11.3 Å². The molecule has 0 spiro atoms. The zero-order valence-electron chi connectivity index (χ0n) is 14.1. The summed E-state index contributed by atoms with van der Waals surface area (Å²) in [5.41, 5.74) is 1.83. The maximum atomic E-state index is 12.6. The molecule has 2 fully saturated rings. The summed E-state index contributed by atoms with van der Waals surface area (Å²) in [6, 6.07) is 3.47. The van der Waals surface area contributed by atoms with Crippen molar-refractivity contribution in [3.8, 4) is 10.6 Å². The zero-order chi connectivity index (χ0) is 18.1. The van der Waals surface area contributed by atoms with Crippen molar-refractivity contribution < 1.29 is 17.9 Å². The predicted octanol–water partition coefficient (Wildman–Crippen LogP) is 1.16. The number of ether oxygens (including phenoxy) is 1. The van der Waals surface area contributed by atoms with Gasteiger partial charge >= 0.3 is 0 Å². The third-order valence-electron chi connectivity index (χ3n) is 4.71. The molecule has 2 aromatic rings. The van der Waals surface area contributed by atoms with E-state index in [1.807, 2.05) is 17.5 Å². The van der Waals surface area contributed by atoms with E-state index in [9.17, 15) is 13.2 Å². The summed E-state index contributed by atoms with van der Waals surface area (Å²) in [7, 11) is -3.13. The van der Waals surface area contributed by atoms with E-state index in [4.69, 9.17) is 4.74 Å². The van der Waals surface area contributed by atoms with Crippen molar-refractivity contribution in [1.82, 2.24) is 14.9 Å². The Labute approximate surface area is 156 Å². The highest BCUT2D eigenvalue weighted by molar-refractivity contribution is 7.91. The smallest absolute Gasteiger partial charge is 0.223 e. The number of rotatable bonds is 4. The molecule has 1 amide bonds. The van der Waals surface area contributed by atoms with Crippen molar-refractivity contribution in [3.05, 3.63) is 35.6 Å². The third kappa shape index (κ3) is 3.65. The maximum Gasteiger partial charge on any atom is 0.223 e. The van der Waals surface area contributed by atoms with Gasteiger partial charge in [0, 0.05) is 36.3 Å². The monoisotopic (exact) mass is 393 g/mol. The average molecular weight is 393 g/mol. The Morgan fingerprint density at radius 3 is 3.08 bits per heavy atom. The van der Waals surface area contributed by atoms with Gasteiger partial charge in [0.2, 0.25) is 5.91 Å². The Balaban J connectivity index is 1.39. The summed E-state index contributed by atoms with van der Waals surface area (Å²) in [5, 5.41) is 2.84. The minimum atomic E-state index is -3.13. The van der Waals surface area contributed by atoms with E-state index < -0.39 is 9.84 Å². The highest BCUT2D eigenvalue weighted by atomic mass is 32.2. The second-order valence-electron chi connectivity index (χ2n) is 6.53. The third-order valence-corrected chi connectivity index (χ3v) is 7.34. The lowest BCUT2D eigenvalue weighted by atomic mass is 10.1. The Morgan fingerprint density at radius 1 is 1.38 bits per heavy atom. The first-order valence-electron chi connectivity index (χ1n) is 8.48. The van der Waals surface area contributed by atoms with Gasteiger partial charge in [-0.1, -0.05) is 0 Å². The Morgan fingerprint density at radius 2 is 2.27 bits per heavy atom. The lowest BCUT2D eigenvalue weighted by Crippen LogP contribution is -2.53. The van der Waals surface area contributed by atoms with Crippen LogP contribution in [0.1, 0.15) is 12.1 Å². The van der Waals surface area contributed by atoms with Crippen molar-refractivity contribution in [3.63, 3.8) is 0 Å². The van der Waals surface area contributed by atoms with E-state index >= 15 is 0 Å². The minimum Gasteiger partial charge on any atom is -0.373 e. The van der Waals surface area contributed by atoms with Crippen molar-refractivity contribution in [1.29, 1.82) is 0 Å². The quantitative estimate of drug-likeness (QED) is 0.774. The highest BCUT2D eigenvalue weighted by Crippen LogP contribution is 2.26. The van der Waals surface area contributed by atoms with Crippen molar-refractivity contribution >= 4 is 27.1 Å². The molecule has 0 radical (unpaired) electrons. The van der Waals surface area contributed by atoms with Crippen LogP contribution in [0.3, 0.4) is 0 Å². The predicted molar refractivity (Wildman–Crippen MR) is 97.6 cm³/mol. The van der Waals surface area contributed by atoms with Gasteiger partial charge in [-0.25, -0.2) is 13.4 Å². The van der Waals surface area contributed by atoms with E-state index in [1.165, 1.54) is 11.3 Å². The van der Waals surface area contributed by atoms with E-state index in [2.05, 4.69) is 9.97 Å². The van der Waals surface area contributed by atoms with Crippen LogP contribution in [0.4, 0.5) is 0 Å². The van der Waals surface area contributed by atoms with Gasteiger partial charge in [-0.3, -0.25) is 9.78 Å². The van der Waals surface area contributed by atoms with Crippen LogP contribution in [-0.4, -0.2) is 66.0 Å². The van der Waals surface area contributed by atoms with Crippen molar-refractivity contribution in [2.45, 2.75) is 25.0 Å². The summed E-state index contributed by atoms with van der Waals surface area (Å²) in [6.45, 7) is 0.845. The fraction of sp³-hybridized carbons (Fsp3) is 0.471. The van der Waals surface area contributed by atoms with Crippen LogP contribution in [0.5, 0.6) is 0 Å². The fourth-order valence-corrected chi connectivity index (χ4v) is 6.16. The number of thiazole rings is 1. The summed E-state index contributed by atoms with van der Waals surface area (Å²) >= 11 is 1.53. The molecule has 2 aliphatic rings. The number of carbonyl (C=O) groups excluding carboxylic acids is 1. The topological polar surface area (TPSA) is 89.5 Å². The number of amides is 1. The molecular weight excluding hydrogens is 374 g/mol. The number of hydrogen-bond acceptors (Lipinski definition) is 7. The molecule has 0 saturated carbocycles. The summed E-state index contributed by atoms with van der Waals surface area (Å²) < 4.78 is 29.2. The highest BCUT2D eigenvalue weighted by Gasteiger charge is 2.45. The molecule has 2 saturated heterocycles. The second kappa shape index (κ2) is 7.05. The van der Waals surface area contributed by atoms with E-state index in [1.54, 1.807) is 17.3 Å². The van der Waals surface area contributed by atoms with E-state index in [-0.39, 0.29) is 29.6 Å². The lowest BCUT2D eigenvalue weighted by molar-refractivity contribution is -0.142. The van der Waals surface area contributed by atoms with Gasteiger partial charge < -0.3 is 9.64 Å². The number of fused-ring (bicyclic) bond motifs is 1. The summed E-state index contributed by atoms with van der Waals surface area (Å²) in [5.74, 6) is -0.0101. The molecule has 2 atom stereocenters. The first-order chi connectivity index (χ1) is 12.5. The maximum absolute atomic E-state index is 12.6. The van der Waals surface area contributed by atoms with Gasteiger partial charge in [-0.2, -0.15) is 0 Å². The number of aromatic nitrogens is 2. The number of sulfone groups is 1. The van der Waals surface area contributed by atoms with Crippen LogP contribution in [0.25, 0.3) is 10.6 Å². The standard InChI is InChI=1S/C17H19N3O4S2/c21-16(20-6-7-24-15-11-26(22,23)10-14(15)20)4-3-13-9-25-17(19-13)12-2-1-5-18-8-12/h1-2,5,8-9,14-15H,3-4,6-7,10-11H2. The number of morpholine rings is 1. The first-order valence-corrected chi connectivity index (χ1v) is 11.2. The zero-order valence-corrected chi connectivity index (χ0v) is 15.7. The van der Waals surface area contributed by atoms with Gasteiger partial charge in [0.1, 0.15) is 5.01 Å². The molecule has 7 nitrogen and oxygen atoms in total. The molecule has 0 aromatic carbocycles. The number of pyridine rings is 1. The average Bonchev–Trinajstić information content (AvgIpc) is 3.22. The molecule has 0 aliphatic carbocycles. The fourth-order valence-electron chi connectivity index (χ4n) is 3.45. The molecule has 2 aromatic heterocycles. The molecule has 2 aliphatic heterocycles. The largest absolute Gasteiger partial charge is 0.373 e. The van der Waals surface area contributed by atoms with Crippen LogP contribution in [0.2, 0.25) is 0 Å². The minimum absolute atomic E-state index is 0.00522. The number of hydrogen-bond donors (Lipinski definition) is 0. The molecule has 4 rings (SSSR count). The first kappa shape index (κ1) is 17.6. The Bertz CT molecular complexity index is 898. The number of carbonyl (C=O) groups is 1. The normalized spacial score (nSPS) is 24.4. The second-order valence-corrected chi connectivity index (χ2v) is 9.54. The van der Waals surface area contributed by atoms with E-state index in [0.717, 1.165) is 16.3 Å². The Hall–Kier alpha value is -1.84. The van der Waals surface area contributed by atoms with Crippen LogP contribution in [0, 0.1) is 0 Å². The Kier molecular flexibility index (Phi) is 4.76. The van der Waals surface area contributed by atoms with Crippen molar-refractivity contribution in [2.24, 2.45) is 0 Å². The molecule has 4 heterocycles. The molecule has 2 unspecified atom stereocenters. The van der Waals surface area contributed by atoms with Gasteiger partial charge in [0.15, 0.2) is 9.84 Å². The number of nitrogens with zero attached hydrogens (tertiary/aromatic N) is 3. The van der Waals surface area contributed by atoms with Crippen molar-refractivity contribution in [2.75, 3.05) is 24.7 Å². The molecule has 0 N–H and O–H groups in total. The van der Waals surface area contributed by atoms with Crippen LogP contribution < -0.4 is 0 Å². The number of aryl methyl sites for hydroxylation is 1. The molecule has 138 valence electrons. The lowest BCUT2D eigenvalue weighted by Gasteiger charge is -2.36. The molecule has 26 heavy (non-hydrogen) atoms. The van der Waals surface area contributed by atoms with Gasteiger partial charge in [0.05, 0.1) is 36.0 Å². The van der Waals surface area contributed by atoms with Gasteiger partial charge in [0.25, 0.3) is 0 Å². The van der Waals surface area contributed by atoms with Crippen LogP contribution in [0.15, 0.2) is 29.9 Å². The molecule has 9 heteroatoms. The molecular formula is C17H19N3O4S2. The summed E-state index contributed by atoms with van der Waals surface area (Å²) in [4.78, 5) is 23.0. The van der Waals surface area contributed by atoms with Gasteiger partial charge in [-0.15, -0.1) is 11.3 Å². The van der Waals surface area contributed by atoms with Crippen LogP contribution in [-0.2, 0) is 25.8 Å². The summed E-state index contributed by atoms with van der Waals surface area (Å²) in [6.07, 6.45) is 3.96. The SMILES string of the molecule is O=C(CCc1csc(-c2cccnc2)n1)N1CCOC2CS(=O)(=O)CC21. The molecule has 0 bridgehead atoms. The van der Waals surface area contributed by atoms with Gasteiger partial charge in [-0.05, 0) is 18.6 Å².